The molecule has 4 heteroatoms. The standard InChI is InChI=1S/C7H7NO2S/c1-5-3-2-4-6(7(5)11)8(9)10/h2-4,11H,1H3. The number of nitro benzene ring substituents is 1. The topological polar surface area (TPSA) is 43.1 Å². The Bertz CT molecular complexity index is 298. The maximum atomic E-state index is 10.3. The normalized spacial score (nSPS) is 9.64. The Morgan fingerprint density at radius 2 is 2.18 bits per heavy atom. The Morgan fingerprint density at radius 1 is 1.55 bits per heavy atom. The summed E-state index contributed by atoms with van der Waals surface area (Å²) >= 11 is 4.01. The predicted octanol–water partition coefficient (Wildman–Crippen LogP) is 2.19. The highest BCUT2D eigenvalue weighted by molar-refractivity contribution is 7.80. The lowest BCUT2D eigenvalue weighted by molar-refractivity contribution is -0.387. The van der Waals surface area contributed by atoms with Gasteiger partial charge >= 0.3 is 0 Å². The summed E-state index contributed by atoms with van der Waals surface area (Å²) in [7, 11) is 0. The van der Waals surface area contributed by atoms with Crippen molar-refractivity contribution in [3.05, 3.63) is 33.9 Å². The van der Waals surface area contributed by atoms with Gasteiger partial charge in [-0.3, -0.25) is 10.1 Å². The minimum absolute atomic E-state index is 0.0633. The van der Waals surface area contributed by atoms with Crippen LogP contribution in [-0.4, -0.2) is 4.92 Å². The van der Waals surface area contributed by atoms with E-state index in [9.17, 15) is 10.1 Å². The number of aryl methyl sites for hydroxylation is 1. The Morgan fingerprint density at radius 3 is 2.64 bits per heavy atom. The first-order valence-corrected chi connectivity index (χ1v) is 3.50. The van der Waals surface area contributed by atoms with Crippen molar-refractivity contribution in [2.24, 2.45) is 0 Å². The molecule has 0 spiro atoms. The van der Waals surface area contributed by atoms with E-state index in [0.717, 1.165) is 5.56 Å². The second-order valence-corrected chi connectivity index (χ2v) is 2.65. The van der Waals surface area contributed by atoms with Crippen LogP contribution < -0.4 is 0 Å². The van der Waals surface area contributed by atoms with Crippen molar-refractivity contribution in [1.29, 1.82) is 0 Å². The minimum Gasteiger partial charge on any atom is -0.258 e. The molecular weight excluding hydrogens is 162 g/mol. The summed E-state index contributed by atoms with van der Waals surface area (Å²) < 4.78 is 0. The summed E-state index contributed by atoms with van der Waals surface area (Å²) in [5, 5.41) is 10.3. The van der Waals surface area contributed by atoms with Gasteiger partial charge in [-0.05, 0) is 12.5 Å². The van der Waals surface area contributed by atoms with Crippen LogP contribution >= 0.6 is 12.6 Å². The zero-order chi connectivity index (χ0) is 8.43. The predicted molar refractivity (Wildman–Crippen MR) is 45.1 cm³/mol. The van der Waals surface area contributed by atoms with Gasteiger partial charge in [0.1, 0.15) is 0 Å². The molecule has 0 aliphatic heterocycles. The minimum atomic E-state index is -0.435. The molecule has 0 fully saturated rings. The quantitative estimate of drug-likeness (QED) is 0.398. The fraction of sp³-hybridized carbons (Fsp3) is 0.143. The van der Waals surface area contributed by atoms with E-state index < -0.39 is 4.92 Å². The summed E-state index contributed by atoms with van der Waals surface area (Å²) in [6.45, 7) is 1.79. The lowest BCUT2D eigenvalue weighted by Gasteiger charge is -1.97. The van der Waals surface area contributed by atoms with Crippen molar-refractivity contribution in [3.63, 3.8) is 0 Å². The molecule has 0 bridgehead atoms. The zero-order valence-corrected chi connectivity index (χ0v) is 6.84. The number of rotatable bonds is 1. The molecule has 0 saturated heterocycles. The first kappa shape index (κ1) is 8.07. The molecule has 0 heterocycles. The average Bonchev–Trinajstić information content (AvgIpc) is 1.94. The molecule has 11 heavy (non-hydrogen) atoms. The summed E-state index contributed by atoms with van der Waals surface area (Å²) in [6.07, 6.45) is 0. The van der Waals surface area contributed by atoms with E-state index in [2.05, 4.69) is 12.6 Å². The van der Waals surface area contributed by atoms with Crippen molar-refractivity contribution in [1.82, 2.24) is 0 Å². The maximum Gasteiger partial charge on any atom is 0.282 e. The molecule has 0 atom stereocenters. The Labute approximate surface area is 69.6 Å². The van der Waals surface area contributed by atoms with Crippen LogP contribution in [-0.2, 0) is 0 Å². The van der Waals surface area contributed by atoms with Crippen molar-refractivity contribution in [2.45, 2.75) is 11.8 Å². The summed E-state index contributed by atoms with van der Waals surface area (Å²) in [4.78, 5) is 10.3. The average molecular weight is 169 g/mol. The zero-order valence-electron chi connectivity index (χ0n) is 5.94. The van der Waals surface area contributed by atoms with E-state index in [4.69, 9.17) is 0 Å². The van der Waals surface area contributed by atoms with Gasteiger partial charge in [-0.1, -0.05) is 12.1 Å². The molecule has 1 rings (SSSR count). The Balaban J connectivity index is 3.27. The first-order valence-electron chi connectivity index (χ1n) is 3.06. The van der Waals surface area contributed by atoms with Gasteiger partial charge in [0, 0.05) is 6.07 Å². The second kappa shape index (κ2) is 2.92. The molecule has 0 saturated carbocycles. The number of hydrogen-bond acceptors (Lipinski definition) is 3. The molecule has 0 N–H and O–H groups in total. The van der Waals surface area contributed by atoms with E-state index >= 15 is 0 Å². The smallest absolute Gasteiger partial charge is 0.258 e. The number of hydrogen-bond donors (Lipinski definition) is 1. The van der Waals surface area contributed by atoms with E-state index in [1.807, 2.05) is 0 Å². The van der Waals surface area contributed by atoms with Crippen LogP contribution in [0.4, 0.5) is 5.69 Å². The van der Waals surface area contributed by atoms with Crippen LogP contribution in [0.15, 0.2) is 23.1 Å². The SMILES string of the molecule is Cc1cccc([N+](=O)[O-])c1S. The Kier molecular flexibility index (Phi) is 2.14. The van der Waals surface area contributed by atoms with Crippen molar-refractivity contribution >= 4 is 18.3 Å². The molecule has 1 aromatic rings. The molecule has 3 nitrogen and oxygen atoms in total. The van der Waals surface area contributed by atoms with Gasteiger partial charge in [0.15, 0.2) is 0 Å². The number of thiol groups is 1. The molecule has 0 aliphatic rings. The van der Waals surface area contributed by atoms with Gasteiger partial charge in [0.2, 0.25) is 0 Å². The number of nitro groups is 1. The van der Waals surface area contributed by atoms with Gasteiger partial charge in [0.25, 0.3) is 5.69 Å². The molecule has 0 aromatic heterocycles. The fourth-order valence-electron chi connectivity index (χ4n) is 0.791. The van der Waals surface area contributed by atoms with Gasteiger partial charge in [-0.15, -0.1) is 12.6 Å². The third kappa shape index (κ3) is 1.51. The lowest BCUT2D eigenvalue weighted by atomic mass is 10.2. The van der Waals surface area contributed by atoms with Crippen LogP contribution in [0.25, 0.3) is 0 Å². The van der Waals surface area contributed by atoms with Crippen molar-refractivity contribution in [3.8, 4) is 0 Å². The molecular formula is C7H7NO2S. The number of benzene rings is 1. The highest BCUT2D eigenvalue weighted by Gasteiger charge is 2.10. The van der Waals surface area contributed by atoms with Gasteiger partial charge in [0.05, 0.1) is 9.82 Å². The monoisotopic (exact) mass is 169 g/mol. The van der Waals surface area contributed by atoms with Crippen molar-refractivity contribution < 1.29 is 4.92 Å². The second-order valence-electron chi connectivity index (χ2n) is 2.20. The van der Waals surface area contributed by atoms with Gasteiger partial charge < -0.3 is 0 Å². The summed E-state index contributed by atoms with van der Waals surface area (Å²) in [5.41, 5.74) is 0.885. The Hall–Kier alpha value is -1.03. The van der Waals surface area contributed by atoms with Gasteiger partial charge in [-0.25, -0.2) is 0 Å². The van der Waals surface area contributed by atoms with Crippen LogP contribution in [0.2, 0.25) is 0 Å². The van der Waals surface area contributed by atoms with E-state index in [0.29, 0.717) is 4.90 Å². The third-order valence-corrected chi connectivity index (χ3v) is 1.99. The number of nitrogens with zero attached hydrogens (tertiary/aromatic N) is 1. The summed E-state index contributed by atoms with van der Waals surface area (Å²) in [5.74, 6) is 0. The highest BCUT2D eigenvalue weighted by atomic mass is 32.1. The van der Waals surface area contributed by atoms with Crippen LogP contribution in [0, 0.1) is 17.0 Å². The highest BCUT2D eigenvalue weighted by Crippen LogP contribution is 2.24. The summed E-state index contributed by atoms with van der Waals surface area (Å²) in [6, 6.07) is 4.87. The van der Waals surface area contributed by atoms with Crippen molar-refractivity contribution in [2.75, 3.05) is 0 Å². The van der Waals surface area contributed by atoms with Gasteiger partial charge in [-0.2, -0.15) is 0 Å². The largest absolute Gasteiger partial charge is 0.282 e. The lowest BCUT2D eigenvalue weighted by Crippen LogP contribution is -1.90. The molecule has 58 valence electrons. The molecule has 0 aliphatic carbocycles. The van der Waals surface area contributed by atoms with E-state index in [1.54, 1.807) is 19.1 Å². The van der Waals surface area contributed by atoms with E-state index in [-0.39, 0.29) is 5.69 Å². The molecule has 0 unspecified atom stereocenters. The third-order valence-electron chi connectivity index (χ3n) is 1.41. The first-order chi connectivity index (χ1) is 5.13. The van der Waals surface area contributed by atoms with Crippen LogP contribution in [0.1, 0.15) is 5.56 Å². The molecule has 0 amide bonds. The molecule has 1 aromatic carbocycles. The van der Waals surface area contributed by atoms with E-state index in [1.165, 1.54) is 6.07 Å². The maximum absolute atomic E-state index is 10.3. The van der Waals surface area contributed by atoms with Crippen LogP contribution in [0.3, 0.4) is 0 Å². The molecule has 0 radical (unpaired) electrons. The fourth-order valence-corrected chi connectivity index (χ4v) is 1.02. The van der Waals surface area contributed by atoms with Crippen LogP contribution in [0.5, 0.6) is 0 Å².